The molecule has 0 fully saturated rings. The molecule has 0 aliphatic carbocycles. The Morgan fingerprint density at radius 3 is 2.45 bits per heavy atom. The molecule has 0 bridgehead atoms. The van der Waals surface area contributed by atoms with Gasteiger partial charge >= 0.3 is 5.97 Å². The number of ether oxygens (including phenoxy) is 1. The molecule has 0 aliphatic heterocycles. The summed E-state index contributed by atoms with van der Waals surface area (Å²) in [5, 5.41) is 2.93. The van der Waals surface area contributed by atoms with Crippen LogP contribution in [0.2, 0.25) is 0 Å². The Bertz CT molecular complexity index is 717. The van der Waals surface area contributed by atoms with Crippen molar-refractivity contribution in [1.82, 2.24) is 4.57 Å². The topological polar surface area (TPSA) is 60.3 Å². The molecule has 1 heterocycles. The molecular weight excluding hydrogens is 280 g/mol. The highest BCUT2D eigenvalue weighted by Gasteiger charge is 2.17. The van der Waals surface area contributed by atoms with E-state index in [1.807, 2.05) is 37.6 Å². The fraction of sp³-hybridized carbons (Fsp3) is 0.294. The van der Waals surface area contributed by atoms with E-state index in [-0.39, 0.29) is 12.4 Å². The number of hydrogen-bond donors (Lipinski definition) is 1. The van der Waals surface area contributed by atoms with E-state index < -0.39 is 5.97 Å². The van der Waals surface area contributed by atoms with Gasteiger partial charge in [0.2, 0.25) is 5.78 Å². The van der Waals surface area contributed by atoms with Crippen LogP contribution in [0.25, 0.3) is 0 Å². The van der Waals surface area contributed by atoms with Gasteiger partial charge in [0, 0.05) is 36.7 Å². The second kappa shape index (κ2) is 6.47. The van der Waals surface area contributed by atoms with Gasteiger partial charge in [-0.2, -0.15) is 0 Å². The van der Waals surface area contributed by atoms with Crippen molar-refractivity contribution in [1.29, 1.82) is 0 Å². The van der Waals surface area contributed by atoms with Crippen LogP contribution in [-0.4, -0.2) is 30.0 Å². The van der Waals surface area contributed by atoms with Crippen LogP contribution in [0.15, 0.2) is 30.3 Å². The lowest BCUT2D eigenvalue weighted by atomic mass is 10.1. The Morgan fingerprint density at radius 1 is 1.18 bits per heavy atom. The predicted octanol–water partition coefficient (Wildman–Crippen LogP) is 2.72. The van der Waals surface area contributed by atoms with Crippen molar-refractivity contribution in [2.45, 2.75) is 13.8 Å². The molecule has 0 amide bonds. The minimum atomic E-state index is -0.511. The van der Waals surface area contributed by atoms with Gasteiger partial charge in [0.05, 0.1) is 5.56 Å². The van der Waals surface area contributed by atoms with Crippen LogP contribution in [0.4, 0.5) is 5.69 Å². The van der Waals surface area contributed by atoms with E-state index in [1.165, 1.54) is 0 Å². The maximum Gasteiger partial charge on any atom is 0.340 e. The highest BCUT2D eigenvalue weighted by Crippen LogP contribution is 2.17. The standard InChI is InChI=1S/C17H20N2O3/c1-11-9-14(12(2)19(11)4)16(20)10-22-17(21)13-7-5-6-8-15(13)18-3/h5-9,18H,10H2,1-4H3. The summed E-state index contributed by atoms with van der Waals surface area (Å²) in [6.45, 7) is 3.54. The van der Waals surface area contributed by atoms with Gasteiger partial charge in [0.25, 0.3) is 0 Å². The monoisotopic (exact) mass is 300 g/mol. The number of ketones is 1. The quantitative estimate of drug-likeness (QED) is 0.681. The minimum absolute atomic E-state index is 0.198. The molecule has 0 saturated carbocycles. The molecule has 22 heavy (non-hydrogen) atoms. The van der Waals surface area contributed by atoms with E-state index >= 15 is 0 Å². The van der Waals surface area contributed by atoms with E-state index in [9.17, 15) is 9.59 Å². The summed E-state index contributed by atoms with van der Waals surface area (Å²) in [5.41, 5.74) is 3.54. The van der Waals surface area contributed by atoms with E-state index in [4.69, 9.17) is 4.74 Å². The summed E-state index contributed by atoms with van der Waals surface area (Å²) in [5.74, 6) is -0.708. The van der Waals surface area contributed by atoms with Crippen LogP contribution in [0.5, 0.6) is 0 Å². The summed E-state index contributed by atoms with van der Waals surface area (Å²) in [6, 6.07) is 8.83. The molecule has 2 aromatic rings. The Balaban J connectivity index is 2.08. The third-order valence-electron chi connectivity index (χ3n) is 3.83. The van der Waals surface area contributed by atoms with Gasteiger partial charge in [-0.15, -0.1) is 0 Å². The number of Topliss-reactive ketones (excluding diaryl/α,β-unsaturated/α-hetero) is 1. The van der Waals surface area contributed by atoms with Crippen LogP contribution in [0.1, 0.15) is 32.1 Å². The van der Waals surface area contributed by atoms with Crippen LogP contribution in [0, 0.1) is 13.8 Å². The van der Waals surface area contributed by atoms with Gasteiger partial charge < -0.3 is 14.6 Å². The van der Waals surface area contributed by atoms with Crippen molar-refractivity contribution in [3.63, 3.8) is 0 Å². The summed E-state index contributed by atoms with van der Waals surface area (Å²) in [7, 11) is 3.63. The molecule has 0 saturated heterocycles. The van der Waals surface area contributed by atoms with Crippen LogP contribution in [-0.2, 0) is 11.8 Å². The van der Waals surface area contributed by atoms with Crippen molar-refractivity contribution >= 4 is 17.4 Å². The normalized spacial score (nSPS) is 10.4. The number of esters is 1. The number of carbonyl (C=O) groups is 2. The average Bonchev–Trinajstić information content (AvgIpc) is 2.79. The van der Waals surface area contributed by atoms with Crippen LogP contribution < -0.4 is 5.32 Å². The first-order valence-electron chi connectivity index (χ1n) is 7.05. The lowest BCUT2D eigenvalue weighted by Gasteiger charge is -2.08. The number of benzene rings is 1. The van der Waals surface area contributed by atoms with Crippen LogP contribution in [0.3, 0.4) is 0 Å². The van der Waals surface area contributed by atoms with E-state index in [0.717, 1.165) is 11.4 Å². The fourth-order valence-electron chi connectivity index (χ4n) is 2.30. The molecule has 1 aromatic carbocycles. The molecule has 116 valence electrons. The van der Waals surface area contributed by atoms with Crippen molar-refractivity contribution in [3.05, 3.63) is 52.8 Å². The minimum Gasteiger partial charge on any atom is -0.454 e. The molecule has 5 nitrogen and oxygen atoms in total. The zero-order valence-corrected chi connectivity index (χ0v) is 13.3. The molecular formula is C17H20N2O3. The van der Waals surface area contributed by atoms with Gasteiger partial charge in [0.15, 0.2) is 6.61 Å². The van der Waals surface area contributed by atoms with Gasteiger partial charge in [0.1, 0.15) is 0 Å². The molecule has 1 N–H and O–H groups in total. The Morgan fingerprint density at radius 2 is 1.86 bits per heavy atom. The molecule has 1 aromatic heterocycles. The molecule has 0 atom stereocenters. The van der Waals surface area contributed by atoms with Gasteiger partial charge in [-0.3, -0.25) is 4.79 Å². The molecule has 0 aliphatic rings. The number of rotatable bonds is 5. The van der Waals surface area contributed by atoms with E-state index in [0.29, 0.717) is 16.8 Å². The molecule has 5 heteroatoms. The maximum absolute atomic E-state index is 12.2. The molecule has 2 rings (SSSR count). The zero-order valence-electron chi connectivity index (χ0n) is 13.3. The first kappa shape index (κ1) is 15.8. The first-order valence-corrected chi connectivity index (χ1v) is 7.05. The predicted molar refractivity (Wildman–Crippen MR) is 85.5 cm³/mol. The molecule has 0 unspecified atom stereocenters. The lowest BCUT2D eigenvalue weighted by Crippen LogP contribution is -2.15. The van der Waals surface area contributed by atoms with Gasteiger partial charge in [-0.25, -0.2) is 4.79 Å². The summed E-state index contributed by atoms with van der Waals surface area (Å²) >= 11 is 0. The Hall–Kier alpha value is -2.56. The Labute approximate surface area is 129 Å². The number of anilines is 1. The number of hydrogen-bond acceptors (Lipinski definition) is 4. The zero-order chi connectivity index (χ0) is 16.3. The average molecular weight is 300 g/mol. The largest absolute Gasteiger partial charge is 0.454 e. The summed E-state index contributed by atoms with van der Waals surface area (Å²) in [6.07, 6.45) is 0. The third kappa shape index (κ3) is 3.03. The van der Waals surface area contributed by atoms with Crippen molar-refractivity contribution < 1.29 is 14.3 Å². The number of aryl methyl sites for hydroxylation is 1. The number of carbonyl (C=O) groups excluding carboxylic acids is 2. The number of aromatic nitrogens is 1. The molecule has 0 spiro atoms. The maximum atomic E-state index is 12.2. The lowest BCUT2D eigenvalue weighted by molar-refractivity contribution is 0.0475. The second-order valence-corrected chi connectivity index (χ2v) is 5.14. The second-order valence-electron chi connectivity index (χ2n) is 5.14. The third-order valence-corrected chi connectivity index (χ3v) is 3.83. The van der Waals surface area contributed by atoms with Gasteiger partial charge in [-0.05, 0) is 32.0 Å². The molecule has 0 radical (unpaired) electrons. The van der Waals surface area contributed by atoms with Crippen molar-refractivity contribution in [3.8, 4) is 0 Å². The van der Waals surface area contributed by atoms with E-state index in [1.54, 1.807) is 25.2 Å². The SMILES string of the molecule is CNc1ccccc1C(=O)OCC(=O)c1cc(C)n(C)c1C. The number of nitrogens with one attached hydrogen (secondary N) is 1. The van der Waals surface area contributed by atoms with Gasteiger partial charge in [-0.1, -0.05) is 12.1 Å². The van der Waals surface area contributed by atoms with Crippen molar-refractivity contribution in [2.24, 2.45) is 7.05 Å². The first-order chi connectivity index (χ1) is 10.5. The highest BCUT2D eigenvalue weighted by molar-refractivity contribution is 6.01. The Kier molecular flexibility index (Phi) is 4.65. The summed E-state index contributed by atoms with van der Waals surface area (Å²) < 4.78 is 7.09. The van der Waals surface area contributed by atoms with Crippen LogP contribution >= 0.6 is 0 Å². The number of para-hydroxylation sites is 1. The fourth-order valence-corrected chi connectivity index (χ4v) is 2.30. The smallest absolute Gasteiger partial charge is 0.340 e. The van der Waals surface area contributed by atoms with E-state index in [2.05, 4.69) is 5.32 Å². The van der Waals surface area contributed by atoms with Crippen molar-refractivity contribution in [2.75, 3.05) is 19.0 Å². The number of nitrogens with zero attached hydrogens (tertiary/aromatic N) is 1. The highest BCUT2D eigenvalue weighted by atomic mass is 16.5. The summed E-state index contributed by atoms with van der Waals surface area (Å²) in [4.78, 5) is 24.3.